The zero-order chi connectivity index (χ0) is 27.3. The fourth-order valence-electron chi connectivity index (χ4n) is 3.87. The second-order valence-corrected chi connectivity index (χ2v) is 12.9. The summed E-state index contributed by atoms with van der Waals surface area (Å²) in [6.07, 6.45) is 0. The second kappa shape index (κ2) is 11.8. The number of carbonyl (C=O) groups is 1. The molecular weight excluding hydrogens is 598 g/mol. The van der Waals surface area contributed by atoms with Crippen molar-refractivity contribution in [2.24, 2.45) is 0 Å². The third-order valence-corrected chi connectivity index (χ3v) is 9.94. The maximum absolute atomic E-state index is 13.5. The van der Waals surface area contributed by atoms with Crippen LogP contribution < -0.4 is 14.4 Å². The van der Waals surface area contributed by atoms with Crippen molar-refractivity contribution in [1.82, 2.24) is 4.31 Å². The van der Waals surface area contributed by atoms with E-state index in [9.17, 15) is 21.6 Å². The maximum atomic E-state index is 13.5. The van der Waals surface area contributed by atoms with Gasteiger partial charge in [-0.3, -0.25) is 9.10 Å². The fraction of sp³-hybridized carbons (Fsp3) is 0.240. The minimum absolute atomic E-state index is 0.0176. The molecule has 38 heavy (non-hydrogen) atoms. The lowest BCUT2D eigenvalue weighted by molar-refractivity contribution is -0.114. The van der Waals surface area contributed by atoms with Gasteiger partial charge in [-0.25, -0.2) is 16.8 Å². The minimum atomic E-state index is -4.11. The Morgan fingerprint density at radius 3 is 2.34 bits per heavy atom. The van der Waals surface area contributed by atoms with Gasteiger partial charge >= 0.3 is 0 Å². The summed E-state index contributed by atoms with van der Waals surface area (Å²) in [5, 5.41) is 2.63. The number of halogens is 1. The third kappa shape index (κ3) is 6.18. The Balaban J connectivity index is 1.65. The lowest BCUT2D eigenvalue weighted by Crippen LogP contribution is -2.40. The minimum Gasteiger partial charge on any atom is -0.495 e. The molecule has 1 amide bonds. The SMILES string of the molecule is COc1ccc(S(=O)(=O)N2CCOCC2)cc1NC(=O)CN(c1cccc(Br)c1)S(=O)(=O)c1ccccc1. The Kier molecular flexibility index (Phi) is 8.73. The number of morpholine rings is 1. The summed E-state index contributed by atoms with van der Waals surface area (Å²) in [6, 6.07) is 18.5. The summed E-state index contributed by atoms with van der Waals surface area (Å²) in [5.74, 6) is -0.470. The van der Waals surface area contributed by atoms with E-state index in [-0.39, 0.29) is 40.0 Å². The van der Waals surface area contributed by atoms with Crippen LogP contribution in [0.1, 0.15) is 0 Å². The first kappa shape index (κ1) is 28.0. The van der Waals surface area contributed by atoms with Gasteiger partial charge < -0.3 is 14.8 Å². The zero-order valence-corrected chi connectivity index (χ0v) is 23.6. The van der Waals surface area contributed by atoms with E-state index in [1.54, 1.807) is 42.5 Å². The van der Waals surface area contributed by atoms with Gasteiger partial charge in [0.05, 0.1) is 41.5 Å². The van der Waals surface area contributed by atoms with E-state index in [2.05, 4.69) is 21.2 Å². The molecule has 1 heterocycles. The number of hydrogen-bond acceptors (Lipinski definition) is 7. The van der Waals surface area contributed by atoms with Gasteiger partial charge in [0.15, 0.2) is 0 Å². The van der Waals surface area contributed by atoms with Crippen molar-refractivity contribution in [3.05, 3.63) is 77.3 Å². The maximum Gasteiger partial charge on any atom is 0.264 e. The molecule has 1 saturated heterocycles. The van der Waals surface area contributed by atoms with Gasteiger partial charge in [-0.1, -0.05) is 40.2 Å². The molecule has 1 aliphatic heterocycles. The van der Waals surface area contributed by atoms with Gasteiger partial charge in [-0.05, 0) is 48.5 Å². The topological polar surface area (TPSA) is 122 Å². The Morgan fingerprint density at radius 2 is 1.68 bits per heavy atom. The molecule has 3 aromatic rings. The number of nitrogens with one attached hydrogen (secondary N) is 1. The molecule has 0 radical (unpaired) electrons. The number of hydrogen-bond donors (Lipinski definition) is 1. The van der Waals surface area contributed by atoms with Crippen molar-refractivity contribution in [2.45, 2.75) is 9.79 Å². The van der Waals surface area contributed by atoms with Crippen molar-refractivity contribution in [2.75, 3.05) is 49.6 Å². The monoisotopic (exact) mass is 623 g/mol. The molecule has 1 aliphatic rings. The Morgan fingerprint density at radius 1 is 0.974 bits per heavy atom. The Bertz CT molecular complexity index is 1510. The molecule has 0 atom stereocenters. The third-order valence-electron chi connectivity index (χ3n) is 5.77. The highest BCUT2D eigenvalue weighted by molar-refractivity contribution is 9.10. The number of anilines is 2. The first-order chi connectivity index (χ1) is 18.1. The van der Waals surface area contributed by atoms with Crippen LogP contribution in [0.3, 0.4) is 0 Å². The summed E-state index contributed by atoms with van der Waals surface area (Å²) in [4.78, 5) is 13.2. The lowest BCUT2D eigenvalue weighted by atomic mass is 10.3. The van der Waals surface area contributed by atoms with E-state index in [0.717, 1.165) is 4.31 Å². The number of ether oxygens (including phenoxy) is 2. The largest absolute Gasteiger partial charge is 0.495 e. The molecule has 0 unspecified atom stereocenters. The number of benzene rings is 3. The first-order valence-electron chi connectivity index (χ1n) is 11.5. The summed E-state index contributed by atoms with van der Waals surface area (Å²) in [6.45, 7) is 0.446. The number of methoxy groups -OCH3 is 1. The van der Waals surface area contributed by atoms with Crippen LogP contribution in [0.5, 0.6) is 5.75 Å². The van der Waals surface area contributed by atoms with Gasteiger partial charge in [0.2, 0.25) is 15.9 Å². The Labute approximate surface area is 230 Å². The molecule has 13 heteroatoms. The van der Waals surface area contributed by atoms with Crippen molar-refractivity contribution in [1.29, 1.82) is 0 Å². The highest BCUT2D eigenvalue weighted by Crippen LogP contribution is 2.30. The van der Waals surface area contributed by atoms with E-state index < -0.39 is 32.5 Å². The van der Waals surface area contributed by atoms with Crippen molar-refractivity contribution in [3.8, 4) is 5.75 Å². The Hall–Kier alpha value is -2.97. The molecule has 10 nitrogen and oxygen atoms in total. The van der Waals surface area contributed by atoms with E-state index >= 15 is 0 Å². The highest BCUT2D eigenvalue weighted by Gasteiger charge is 2.29. The van der Waals surface area contributed by atoms with Crippen LogP contribution in [0.2, 0.25) is 0 Å². The number of amides is 1. The molecule has 0 spiro atoms. The average molecular weight is 625 g/mol. The normalized spacial score (nSPS) is 14.6. The van der Waals surface area contributed by atoms with Gasteiger partial charge in [-0.2, -0.15) is 4.31 Å². The van der Waals surface area contributed by atoms with Gasteiger partial charge in [0, 0.05) is 17.6 Å². The quantitative estimate of drug-likeness (QED) is 0.388. The summed E-state index contributed by atoms with van der Waals surface area (Å²) >= 11 is 3.34. The van der Waals surface area contributed by atoms with E-state index in [1.807, 2.05) is 0 Å². The van der Waals surface area contributed by atoms with Gasteiger partial charge in [-0.15, -0.1) is 0 Å². The molecule has 3 aromatic carbocycles. The van der Waals surface area contributed by atoms with Crippen LogP contribution >= 0.6 is 15.9 Å². The number of sulfonamides is 2. The molecule has 1 N–H and O–H groups in total. The van der Waals surface area contributed by atoms with E-state index in [1.165, 1.54) is 41.7 Å². The summed E-state index contributed by atoms with van der Waals surface area (Å²) in [7, 11) is -6.57. The standard InChI is InChI=1S/C25H26BrN3O7S2/c1-35-24-11-10-22(37(31,32)28-12-14-36-15-13-28)17-23(24)27-25(30)18-29(20-7-5-6-19(26)16-20)38(33,34)21-8-3-2-4-9-21/h2-11,16-17H,12-15,18H2,1H3,(H,27,30). The van der Waals surface area contributed by atoms with Crippen LogP contribution in [-0.4, -0.2) is 67.0 Å². The highest BCUT2D eigenvalue weighted by atomic mass is 79.9. The van der Waals surface area contributed by atoms with Crippen LogP contribution in [0.4, 0.5) is 11.4 Å². The lowest BCUT2D eigenvalue weighted by Gasteiger charge is -2.26. The van der Waals surface area contributed by atoms with Crippen LogP contribution in [0.15, 0.2) is 87.1 Å². The summed E-state index contributed by atoms with van der Waals surface area (Å²) < 4.78 is 66.8. The molecule has 0 bridgehead atoms. The molecule has 0 aromatic heterocycles. The van der Waals surface area contributed by atoms with Crippen LogP contribution in [-0.2, 0) is 29.6 Å². The summed E-state index contributed by atoms with van der Waals surface area (Å²) in [5.41, 5.74) is 0.368. The second-order valence-electron chi connectivity index (χ2n) is 8.23. The first-order valence-corrected chi connectivity index (χ1v) is 15.2. The molecule has 1 fully saturated rings. The number of nitrogens with zero attached hydrogens (tertiary/aromatic N) is 2. The molecule has 0 saturated carbocycles. The van der Waals surface area contributed by atoms with Gasteiger partial charge in [0.25, 0.3) is 10.0 Å². The molecule has 4 rings (SSSR count). The fourth-order valence-corrected chi connectivity index (χ4v) is 7.12. The zero-order valence-electron chi connectivity index (χ0n) is 20.4. The smallest absolute Gasteiger partial charge is 0.264 e. The van der Waals surface area contributed by atoms with Crippen molar-refractivity contribution < 1.29 is 31.1 Å². The van der Waals surface area contributed by atoms with E-state index in [0.29, 0.717) is 17.7 Å². The number of carbonyl (C=O) groups excluding carboxylic acids is 1. The average Bonchev–Trinajstić information content (AvgIpc) is 2.92. The molecule has 0 aliphatic carbocycles. The predicted octanol–water partition coefficient (Wildman–Crippen LogP) is 3.31. The van der Waals surface area contributed by atoms with Crippen LogP contribution in [0.25, 0.3) is 0 Å². The van der Waals surface area contributed by atoms with Gasteiger partial charge in [0.1, 0.15) is 12.3 Å². The van der Waals surface area contributed by atoms with E-state index in [4.69, 9.17) is 9.47 Å². The molecule has 202 valence electrons. The molecular formula is C25H26BrN3O7S2. The van der Waals surface area contributed by atoms with Crippen molar-refractivity contribution in [3.63, 3.8) is 0 Å². The predicted molar refractivity (Wildman–Crippen MR) is 146 cm³/mol. The van der Waals surface area contributed by atoms with Crippen molar-refractivity contribution >= 4 is 53.3 Å². The number of rotatable bonds is 9. The van der Waals surface area contributed by atoms with Crippen LogP contribution in [0, 0.1) is 0 Å².